The normalized spacial score (nSPS) is 20.1. The summed E-state index contributed by atoms with van der Waals surface area (Å²) in [6.45, 7) is -0.248. The van der Waals surface area contributed by atoms with Crippen molar-refractivity contribution < 1.29 is 19.1 Å². The predicted molar refractivity (Wildman–Crippen MR) is 98.8 cm³/mol. The molecule has 1 aromatic rings. The van der Waals surface area contributed by atoms with Crippen LogP contribution in [0.4, 0.5) is 0 Å². The topological polar surface area (TPSA) is 98.5 Å². The summed E-state index contributed by atoms with van der Waals surface area (Å²) in [6, 6.07) is 7.28. The molecule has 6 heteroatoms. The molecule has 0 spiro atoms. The molecule has 140 valence electrons. The van der Waals surface area contributed by atoms with E-state index in [0.29, 0.717) is 29.7 Å². The van der Waals surface area contributed by atoms with Crippen molar-refractivity contribution in [2.45, 2.75) is 44.4 Å². The van der Waals surface area contributed by atoms with Crippen molar-refractivity contribution >= 4 is 17.5 Å². The summed E-state index contributed by atoms with van der Waals surface area (Å²) < 4.78 is 5.62. The van der Waals surface area contributed by atoms with Gasteiger partial charge in [0.2, 0.25) is 0 Å². The molecule has 1 aliphatic heterocycles. The van der Waals surface area contributed by atoms with Gasteiger partial charge in [-0.05, 0) is 31.7 Å². The Morgan fingerprint density at radius 3 is 2.19 bits per heavy atom. The molecular formula is C21H22N2O4. The summed E-state index contributed by atoms with van der Waals surface area (Å²) in [4.78, 5) is 36.8. The minimum atomic E-state index is -0.572. The van der Waals surface area contributed by atoms with Crippen LogP contribution < -0.4 is 15.8 Å². The fraction of sp³-hybridized carbons (Fsp3) is 0.381. The quantitative estimate of drug-likeness (QED) is 0.852. The van der Waals surface area contributed by atoms with E-state index >= 15 is 0 Å². The van der Waals surface area contributed by atoms with E-state index in [1.54, 1.807) is 12.1 Å². The highest BCUT2D eigenvalue weighted by atomic mass is 16.5. The molecule has 0 saturated heterocycles. The number of benzene rings is 1. The number of carbonyl (C=O) groups excluding carboxylic acids is 3. The number of ketones is 2. The van der Waals surface area contributed by atoms with Crippen molar-refractivity contribution in [3.05, 3.63) is 52.4 Å². The molecule has 0 aromatic heterocycles. The van der Waals surface area contributed by atoms with Gasteiger partial charge in [0, 0.05) is 46.9 Å². The minimum absolute atomic E-state index is 0.0726. The van der Waals surface area contributed by atoms with Gasteiger partial charge in [0.05, 0.1) is 0 Å². The van der Waals surface area contributed by atoms with Crippen LogP contribution in [0.1, 0.15) is 50.0 Å². The highest BCUT2D eigenvalue weighted by molar-refractivity contribution is 6.06. The number of rotatable bonds is 4. The van der Waals surface area contributed by atoms with Gasteiger partial charge in [-0.25, -0.2) is 0 Å². The van der Waals surface area contributed by atoms with Gasteiger partial charge in [-0.3, -0.25) is 14.4 Å². The van der Waals surface area contributed by atoms with E-state index in [1.807, 2.05) is 12.1 Å². The molecule has 3 aliphatic rings. The molecule has 0 bridgehead atoms. The Kier molecular flexibility index (Phi) is 4.56. The van der Waals surface area contributed by atoms with E-state index in [-0.39, 0.29) is 18.2 Å². The first-order valence-electron chi connectivity index (χ1n) is 9.35. The van der Waals surface area contributed by atoms with E-state index in [1.165, 1.54) is 0 Å². The van der Waals surface area contributed by atoms with E-state index < -0.39 is 11.8 Å². The number of nitrogens with one attached hydrogen (secondary N) is 1. The number of primary amides is 1. The molecule has 1 amide bonds. The van der Waals surface area contributed by atoms with Crippen LogP contribution in [0.3, 0.4) is 0 Å². The lowest BCUT2D eigenvalue weighted by atomic mass is 9.71. The largest absolute Gasteiger partial charge is 0.483 e. The number of amides is 1. The zero-order valence-electron chi connectivity index (χ0n) is 15.0. The summed E-state index contributed by atoms with van der Waals surface area (Å²) in [6.07, 6.45) is 4.19. The Morgan fingerprint density at radius 2 is 1.59 bits per heavy atom. The average molecular weight is 366 g/mol. The molecule has 4 rings (SSSR count). The smallest absolute Gasteiger partial charge is 0.255 e. The van der Waals surface area contributed by atoms with Gasteiger partial charge < -0.3 is 15.8 Å². The van der Waals surface area contributed by atoms with Crippen LogP contribution in [0.25, 0.3) is 0 Å². The van der Waals surface area contributed by atoms with E-state index in [2.05, 4.69) is 5.32 Å². The van der Waals surface area contributed by atoms with Crippen LogP contribution >= 0.6 is 0 Å². The number of allylic oxidation sites excluding steroid dienone is 4. The summed E-state index contributed by atoms with van der Waals surface area (Å²) in [5, 5.41) is 3.39. The van der Waals surface area contributed by atoms with Gasteiger partial charge in [-0.1, -0.05) is 18.2 Å². The van der Waals surface area contributed by atoms with Crippen LogP contribution in [0.2, 0.25) is 0 Å². The van der Waals surface area contributed by atoms with Gasteiger partial charge in [0.25, 0.3) is 5.91 Å². The Hall–Kier alpha value is -2.89. The zero-order valence-corrected chi connectivity index (χ0v) is 15.0. The highest BCUT2D eigenvalue weighted by Gasteiger charge is 2.41. The molecule has 2 aliphatic carbocycles. The second kappa shape index (κ2) is 7.02. The zero-order chi connectivity index (χ0) is 19.0. The van der Waals surface area contributed by atoms with Crippen molar-refractivity contribution in [1.82, 2.24) is 5.32 Å². The molecule has 1 aromatic carbocycles. The van der Waals surface area contributed by atoms with Crippen LogP contribution in [-0.4, -0.2) is 24.1 Å². The SMILES string of the molecule is NC(=O)COc1ccccc1C1C2=C(CCCC2=O)NC2=C1C(=O)CCC2. The average Bonchev–Trinajstić information content (AvgIpc) is 2.65. The molecule has 27 heavy (non-hydrogen) atoms. The van der Waals surface area contributed by atoms with E-state index in [4.69, 9.17) is 10.5 Å². The summed E-state index contributed by atoms with van der Waals surface area (Å²) >= 11 is 0. The molecule has 1 heterocycles. The molecule has 6 nitrogen and oxygen atoms in total. The highest BCUT2D eigenvalue weighted by Crippen LogP contribution is 2.47. The molecular weight excluding hydrogens is 344 g/mol. The fourth-order valence-corrected chi connectivity index (χ4v) is 4.29. The maximum atomic E-state index is 12.8. The van der Waals surface area contributed by atoms with Crippen molar-refractivity contribution in [2.24, 2.45) is 5.73 Å². The first-order valence-corrected chi connectivity index (χ1v) is 9.35. The Labute approximate surface area is 157 Å². The lowest BCUT2D eigenvalue weighted by Crippen LogP contribution is -2.36. The molecule has 0 fully saturated rings. The second-order valence-corrected chi connectivity index (χ2v) is 7.19. The third-order valence-corrected chi connectivity index (χ3v) is 5.39. The minimum Gasteiger partial charge on any atom is -0.483 e. The Balaban J connectivity index is 1.86. The van der Waals surface area contributed by atoms with Crippen LogP contribution in [-0.2, 0) is 14.4 Å². The van der Waals surface area contributed by atoms with Crippen LogP contribution in [0.5, 0.6) is 5.75 Å². The molecule has 0 saturated carbocycles. The lowest BCUT2D eigenvalue weighted by molar-refractivity contribution is -0.120. The number of dihydropyridines is 1. The van der Waals surface area contributed by atoms with Crippen molar-refractivity contribution in [1.29, 1.82) is 0 Å². The van der Waals surface area contributed by atoms with Crippen LogP contribution in [0.15, 0.2) is 46.8 Å². The third kappa shape index (κ3) is 3.16. The first kappa shape index (κ1) is 17.5. The standard InChI is InChI=1S/C21H22N2O4/c22-18(26)11-27-17-10-2-1-5-12(17)19-20-13(6-3-8-15(20)24)23-14-7-4-9-16(25)21(14)19/h1-2,5,10,19,23H,3-4,6-9,11H2,(H2,22,26). The maximum Gasteiger partial charge on any atom is 0.255 e. The van der Waals surface area contributed by atoms with Crippen molar-refractivity contribution in [3.63, 3.8) is 0 Å². The van der Waals surface area contributed by atoms with E-state index in [9.17, 15) is 14.4 Å². The van der Waals surface area contributed by atoms with E-state index in [0.717, 1.165) is 42.6 Å². The molecule has 0 atom stereocenters. The van der Waals surface area contributed by atoms with Gasteiger partial charge in [0.1, 0.15) is 5.75 Å². The molecule has 0 radical (unpaired) electrons. The number of nitrogens with two attached hydrogens (primary N) is 1. The second-order valence-electron chi connectivity index (χ2n) is 7.19. The van der Waals surface area contributed by atoms with Crippen molar-refractivity contribution in [3.8, 4) is 5.75 Å². The number of hydrogen-bond acceptors (Lipinski definition) is 5. The molecule has 0 unspecified atom stereocenters. The monoisotopic (exact) mass is 366 g/mol. The van der Waals surface area contributed by atoms with Crippen LogP contribution in [0, 0.1) is 0 Å². The number of Topliss-reactive ketones (excluding diaryl/α,β-unsaturated/α-hetero) is 2. The molecule has 3 N–H and O–H groups in total. The van der Waals surface area contributed by atoms with Crippen molar-refractivity contribution in [2.75, 3.05) is 6.61 Å². The summed E-state index contributed by atoms with van der Waals surface area (Å²) in [5.74, 6) is -0.385. The number of hydrogen-bond donors (Lipinski definition) is 2. The first-order chi connectivity index (χ1) is 13.1. The third-order valence-electron chi connectivity index (χ3n) is 5.39. The predicted octanol–water partition coefficient (Wildman–Crippen LogP) is 2.25. The fourth-order valence-electron chi connectivity index (χ4n) is 4.29. The van der Waals surface area contributed by atoms with Gasteiger partial charge in [-0.15, -0.1) is 0 Å². The Morgan fingerprint density at radius 1 is 1.00 bits per heavy atom. The lowest BCUT2D eigenvalue weighted by Gasteiger charge is -2.37. The maximum absolute atomic E-state index is 12.8. The number of ether oxygens (including phenoxy) is 1. The summed E-state index contributed by atoms with van der Waals surface area (Å²) in [5.41, 5.74) is 9.16. The number of para-hydroxylation sites is 1. The Bertz CT molecular complexity index is 855. The van der Waals surface area contributed by atoms with Gasteiger partial charge in [-0.2, -0.15) is 0 Å². The number of carbonyl (C=O) groups is 3. The van der Waals surface area contributed by atoms with Gasteiger partial charge in [0.15, 0.2) is 18.2 Å². The summed E-state index contributed by atoms with van der Waals surface area (Å²) in [7, 11) is 0. The van der Waals surface area contributed by atoms with Gasteiger partial charge >= 0.3 is 0 Å².